The largest absolute Gasteiger partial charge is 0.416 e. The fourth-order valence-corrected chi connectivity index (χ4v) is 1.26. The lowest BCUT2D eigenvalue weighted by atomic mass is 9.99. The first kappa shape index (κ1) is 13.8. The van der Waals surface area contributed by atoms with E-state index in [1.807, 2.05) is 0 Å². The minimum absolute atomic E-state index is 0.351. The van der Waals surface area contributed by atoms with Gasteiger partial charge in [-0.2, -0.15) is 26.3 Å². The van der Waals surface area contributed by atoms with E-state index in [0.29, 0.717) is 18.2 Å². The van der Waals surface area contributed by atoms with Gasteiger partial charge in [-0.15, -0.1) is 0 Å². The van der Waals surface area contributed by atoms with Crippen LogP contribution in [0.1, 0.15) is 17.2 Å². The van der Waals surface area contributed by atoms with Gasteiger partial charge >= 0.3 is 12.4 Å². The molecule has 1 nitrogen and oxygen atoms in total. The highest BCUT2D eigenvalue weighted by atomic mass is 19.4. The van der Waals surface area contributed by atoms with Crippen molar-refractivity contribution in [1.82, 2.24) is 0 Å². The lowest BCUT2D eigenvalue weighted by Crippen LogP contribution is -2.31. The van der Waals surface area contributed by atoms with Gasteiger partial charge in [0.2, 0.25) is 0 Å². The molecule has 0 aliphatic heterocycles. The summed E-state index contributed by atoms with van der Waals surface area (Å²) in [6, 6.07) is -1.49. The van der Waals surface area contributed by atoms with Crippen LogP contribution >= 0.6 is 0 Å². The van der Waals surface area contributed by atoms with Gasteiger partial charge in [0.25, 0.3) is 0 Å². The number of halogens is 7. The third kappa shape index (κ3) is 2.87. The van der Waals surface area contributed by atoms with Gasteiger partial charge < -0.3 is 5.73 Å². The van der Waals surface area contributed by atoms with Gasteiger partial charge in [-0.25, -0.2) is 4.39 Å². The average molecular weight is 261 g/mol. The summed E-state index contributed by atoms with van der Waals surface area (Å²) in [7, 11) is 0. The Morgan fingerprint density at radius 3 is 1.94 bits per heavy atom. The van der Waals surface area contributed by atoms with Crippen molar-refractivity contribution in [2.24, 2.45) is 5.73 Å². The molecule has 0 aromatic heterocycles. The van der Waals surface area contributed by atoms with Gasteiger partial charge in [0.15, 0.2) is 0 Å². The van der Waals surface area contributed by atoms with Gasteiger partial charge in [0.1, 0.15) is 11.9 Å². The van der Waals surface area contributed by atoms with E-state index in [9.17, 15) is 30.7 Å². The van der Waals surface area contributed by atoms with Crippen LogP contribution in [0.4, 0.5) is 30.7 Å². The fourth-order valence-electron chi connectivity index (χ4n) is 1.26. The highest BCUT2D eigenvalue weighted by molar-refractivity contribution is 5.34. The molecule has 2 N–H and O–H groups in total. The maximum absolute atomic E-state index is 13.1. The summed E-state index contributed by atoms with van der Waals surface area (Å²) in [6.07, 6.45) is -10.2. The molecule has 8 heteroatoms. The number of hydrogen-bond acceptors (Lipinski definition) is 1. The number of hydrogen-bond donors (Lipinski definition) is 1. The van der Waals surface area contributed by atoms with Crippen molar-refractivity contribution >= 4 is 0 Å². The Morgan fingerprint density at radius 2 is 1.53 bits per heavy atom. The van der Waals surface area contributed by atoms with E-state index in [1.165, 1.54) is 0 Å². The summed E-state index contributed by atoms with van der Waals surface area (Å²) >= 11 is 0. The van der Waals surface area contributed by atoms with Crippen molar-refractivity contribution in [3.63, 3.8) is 0 Å². The topological polar surface area (TPSA) is 26.0 Å². The predicted octanol–water partition coefficient (Wildman–Crippen LogP) is 3.41. The maximum Gasteiger partial charge on any atom is 0.416 e. The quantitative estimate of drug-likeness (QED) is 0.770. The average Bonchev–Trinajstić information content (AvgIpc) is 2.13. The summed E-state index contributed by atoms with van der Waals surface area (Å²) in [4.78, 5) is 0. The summed E-state index contributed by atoms with van der Waals surface area (Å²) in [5, 5.41) is 0. The molecule has 1 atom stereocenters. The van der Waals surface area contributed by atoms with E-state index in [-0.39, 0.29) is 0 Å². The van der Waals surface area contributed by atoms with Gasteiger partial charge in [-0.1, -0.05) is 6.07 Å². The van der Waals surface area contributed by atoms with E-state index in [4.69, 9.17) is 0 Å². The van der Waals surface area contributed by atoms with Crippen LogP contribution in [0.3, 0.4) is 0 Å². The van der Waals surface area contributed by atoms with Crippen molar-refractivity contribution in [1.29, 1.82) is 0 Å². The van der Waals surface area contributed by atoms with Crippen molar-refractivity contribution in [3.05, 3.63) is 35.1 Å². The molecule has 0 heterocycles. The number of nitrogens with two attached hydrogens (primary N) is 1. The second kappa shape index (κ2) is 4.17. The molecule has 1 aromatic carbocycles. The Kier molecular flexibility index (Phi) is 3.37. The Labute approximate surface area is 91.0 Å². The van der Waals surface area contributed by atoms with E-state index in [0.717, 1.165) is 0 Å². The van der Waals surface area contributed by atoms with Crippen LogP contribution in [0, 0.1) is 5.82 Å². The smallest absolute Gasteiger partial charge is 0.316 e. The molecule has 17 heavy (non-hydrogen) atoms. The third-order valence-corrected chi connectivity index (χ3v) is 2.02. The SMILES string of the molecule is N[C@@H](c1c(F)cccc1C(F)(F)F)C(F)(F)F. The Hall–Kier alpha value is -1.31. The van der Waals surface area contributed by atoms with Gasteiger partial charge in [0, 0.05) is 5.56 Å². The third-order valence-electron chi connectivity index (χ3n) is 2.02. The molecule has 1 rings (SSSR count). The molecule has 96 valence electrons. The molecule has 0 saturated heterocycles. The van der Waals surface area contributed by atoms with Gasteiger partial charge in [-0.3, -0.25) is 0 Å². The van der Waals surface area contributed by atoms with Crippen molar-refractivity contribution in [3.8, 4) is 0 Å². The first-order valence-corrected chi connectivity index (χ1v) is 4.23. The Bertz CT molecular complexity index is 407. The Morgan fingerprint density at radius 1 is 1.00 bits per heavy atom. The monoisotopic (exact) mass is 261 g/mol. The number of rotatable bonds is 1. The molecule has 0 spiro atoms. The Balaban J connectivity index is 3.41. The summed E-state index contributed by atoms with van der Waals surface area (Å²) < 4.78 is 86.9. The minimum atomic E-state index is -5.15. The van der Waals surface area contributed by atoms with Crippen LogP contribution in [-0.4, -0.2) is 6.18 Å². The molecule has 0 fully saturated rings. The standard InChI is InChI=1S/C9H6F7N/c10-5-3-1-2-4(8(11,12)13)6(5)7(17)9(14,15)16/h1-3,7H,17H2/t7-/m0/s1. The number of benzene rings is 1. The molecule has 0 saturated carbocycles. The van der Waals surface area contributed by atoms with Crippen LogP contribution in [0.5, 0.6) is 0 Å². The summed E-state index contributed by atoms with van der Waals surface area (Å²) in [5.74, 6) is -1.63. The molecule has 0 aliphatic carbocycles. The summed E-state index contributed by atoms with van der Waals surface area (Å²) in [6.45, 7) is 0. The summed E-state index contributed by atoms with van der Waals surface area (Å²) in [5.41, 5.74) is 1.30. The fraction of sp³-hybridized carbons (Fsp3) is 0.333. The second-order valence-electron chi connectivity index (χ2n) is 3.22. The molecule has 1 aromatic rings. The van der Waals surface area contributed by atoms with Crippen molar-refractivity contribution < 1.29 is 30.7 Å². The predicted molar refractivity (Wildman–Crippen MR) is 44.4 cm³/mol. The van der Waals surface area contributed by atoms with Crippen molar-refractivity contribution in [2.75, 3.05) is 0 Å². The second-order valence-corrected chi connectivity index (χ2v) is 3.22. The molecule has 0 aliphatic rings. The molecule has 0 radical (unpaired) electrons. The van der Waals surface area contributed by atoms with E-state index in [1.54, 1.807) is 0 Å². The van der Waals surface area contributed by atoms with E-state index < -0.39 is 35.3 Å². The zero-order valence-corrected chi connectivity index (χ0v) is 8.03. The highest BCUT2D eigenvalue weighted by Gasteiger charge is 2.45. The molecular weight excluding hydrogens is 255 g/mol. The van der Waals surface area contributed by atoms with Gasteiger partial charge in [-0.05, 0) is 12.1 Å². The van der Waals surface area contributed by atoms with Crippen LogP contribution < -0.4 is 5.73 Å². The highest BCUT2D eigenvalue weighted by Crippen LogP contribution is 2.40. The molecule has 0 amide bonds. The van der Waals surface area contributed by atoms with Crippen LogP contribution in [0.2, 0.25) is 0 Å². The maximum atomic E-state index is 13.1. The molecular formula is C9H6F7N. The molecule has 0 unspecified atom stereocenters. The minimum Gasteiger partial charge on any atom is -0.316 e. The van der Waals surface area contributed by atoms with E-state index in [2.05, 4.69) is 5.73 Å². The zero-order valence-electron chi connectivity index (χ0n) is 8.03. The molecule has 0 bridgehead atoms. The van der Waals surface area contributed by atoms with Crippen LogP contribution in [0.25, 0.3) is 0 Å². The zero-order chi connectivity index (χ0) is 13.4. The first-order chi connectivity index (χ1) is 7.55. The van der Waals surface area contributed by atoms with Gasteiger partial charge in [0.05, 0.1) is 5.56 Å². The van der Waals surface area contributed by atoms with Crippen LogP contribution in [-0.2, 0) is 6.18 Å². The lowest BCUT2D eigenvalue weighted by Gasteiger charge is -2.20. The van der Waals surface area contributed by atoms with Crippen LogP contribution in [0.15, 0.2) is 18.2 Å². The van der Waals surface area contributed by atoms with Crippen molar-refractivity contribution in [2.45, 2.75) is 18.4 Å². The number of alkyl halides is 6. The first-order valence-electron chi connectivity index (χ1n) is 4.23. The van der Waals surface area contributed by atoms with E-state index >= 15 is 0 Å². The normalized spacial score (nSPS) is 14.8. The lowest BCUT2D eigenvalue weighted by molar-refractivity contribution is -0.156.